The highest BCUT2D eigenvalue weighted by Gasteiger charge is 2.25. The minimum Gasteiger partial charge on any atom is -0.269 e. The molecule has 3 rings (SSSR count). The first-order valence-corrected chi connectivity index (χ1v) is 8.51. The van der Waals surface area contributed by atoms with Gasteiger partial charge < -0.3 is 0 Å². The van der Waals surface area contributed by atoms with Gasteiger partial charge in [0.05, 0.1) is 17.4 Å². The quantitative estimate of drug-likeness (QED) is 0.735. The first-order valence-electron chi connectivity index (χ1n) is 5.96. The third-order valence-electron chi connectivity index (χ3n) is 3.06. The molecule has 1 aromatic heterocycles. The van der Waals surface area contributed by atoms with Crippen LogP contribution in [0.1, 0.15) is 0 Å². The third kappa shape index (κ3) is 2.48. The number of halogens is 1. The Kier molecular flexibility index (Phi) is 3.56. The summed E-state index contributed by atoms with van der Waals surface area (Å²) in [6.07, 6.45) is 0. The summed E-state index contributed by atoms with van der Waals surface area (Å²) in [7, 11) is -2.24. The first kappa shape index (κ1) is 14.2. The van der Waals surface area contributed by atoms with E-state index < -0.39 is 10.0 Å². The van der Waals surface area contributed by atoms with Crippen LogP contribution in [-0.2, 0) is 10.0 Å². The van der Waals surface area contributed by atoms with Gasteiger partial charge in [-0.15, -0.1) is 0 Å². The minimum atomic E-state index is -3.73. The summed E-state index contributed by atoms with van der Waals surface area (Å²) in [5.41, 5.74) is 1.44. The van der Waals surface area contributed by atoms with Gasteiger partial charge in [-0.25, -0.2) is 8.42 Å². The molecule has 21 heavy (non-hydrogen) atoms. The lowest BCUT2D eigenvalue weighted by atomic mass is 10.3. The second kappa shape index (κ2) is 5.25. The standard InChI is InChI=1S/C13H10ClN3O2S2/c1-17(10-5-2-4-9(14)8-10)21(18,19)12-7-3-6-11-13(12)16-20-15-11/h2-8H,1H3. The molecule has 0 spiro atoms. The van der Waals surface area contributed by atoms with Gasteiger partial charge in [-0.2, -0.15) is 8.75 Å². The lowest BCUT2D eigenvalue weighted by Crippen LogP contribution is -2.26. The van der Waals surface area contributed by atoms with Gasteiger partial charge in [-0.05, 0) is 30.3 Å². The van der Waals surface area contributed by atoms with E-state index in [1.165, 1.54) is 17.4 Å². The minimum absolute atomic E-state index is 0.135. The largest absolute Gasteiger partial charge is 0.269 e. The maximum absolute atomic E-state index is 12.8. The SMILES string of the molecule is CN(c1cccc(Cl)c1)S(=O)(=O)c1cccc2nsnc12. The number of aromatic nitrogens is 2. The summed E-state index contributed by atoms with van der Waals surface area (Å²) in [5.74, 6) is 0. The topological polar surface area (TPSA) is 63.2 Å². The van der Waals surface area contributed by atoms with Gasteiger partial charge in [-0.1, -0.05) is 23.7 Å². The Balaban J connectivity index is 2.14. The summed E-state index contributed by atoms with van der Waals surface area (Å²) in [6, 6.07) is 11.6. The van der Waals surface area contributed by atoms with Crippen LogP contribution in [0.3, 0.4) is 0 Å². The van der Waals surface area contributed by atoms with Crippen LogP contribution in [-0.4, -0.2) is 24.2 Å². The number of rotatable bonds is 3. The zero-order valence-electron chi connectivity index (χ0n) is 10.9. The molecule has 0 saturated carbocycles. The van der Waals surface area contributed by atoms with Gasteiger partial charge in [0.2, 0.25) is 0 Å². The number of benzene rings is 2. The van der Waals surface area contributed by atoms with E-state index in [2.05, 4.69) is 8.75 Å². The van der Waals surface area contributed by atoms with Crippen LogP contribution in [0.15, 0.2) is 47.4 Å². The van der Waals surface area contributed by atoms with Gasteiger partial charge >= 0.3 is 0 Å². The predicted molar refractivity (Wildman–Crippen MR) is 84.5 cm³/mol. The summed E-state index contributed by atoms with van der Waals surface area (Å²) >= 11 is 6.91. The van der Waals surface area contributed by atoms with Crippen LogP contribution < -0.4 is 4.31 Å². The average Bonchev–Trinajstić information content (AvgIpc) is 2.94. The summed E-state index contributed by atoms with van der Waals surface area (Å²) in [5, 5.41) is 0.475. The molecule has 0 fully saturated rings. The lowest BCUT2D eigenvalue weighted by Gasteiger charge is -2.19. The Morgan fingerprint density at radius 1 is 1.14 bits per heavy atom. The van der Waals surface area contributed by atoms with E-state index in [9.17, 15) is 8.42 Å². The molecule has 2 aromatic carbocycles. The molecule has 1 heterocycles. The fourth-order valence-corrected chi connectivity index (χ4v) is 4.07. The highest BCUT2D eigenvalue weighted by atomic mass is 35.5. The van der Waals surface area contributed by atoms with Crippen molar-refractivity contribution in [1.82, 2.24) is 8.75 Å². The Bertz CT molecular complexity index is 908. The smallest absolute Gasteiger partial charge is 0.266 e. The first-order chi connectivity index (χ1) is 10.00. The molecule has 108 valence electrons. The molecule has 0 saturated heterocycles. The van der Waals surface area contributed by atoms with E-state index in [-0.39, 0.29) is 4.90 Å². The lowest BCUT2D eigenvalue weighted by molar-refractivity contribution is 0.595. The maximum atomic E-state index is 12.8. The highest BCUT2D eigenvalue weighted by molar-refractivity contribution is 7.93. The van der Waals surface area contributed by atoms with Crippen molar-refractivity contribution in [1.29, 1.82) is 0 Å². The number of anilines is 1. The molecule has 0 N–H and O–H groups in total. The predicted octanol–water partition coefficient (Wildman–Crippen LogP) is 3.17. The van der Waals surface area contributed by atoms with Crippen molar-refractivity contribution in [2.24, 2.45) is 0 Å². The molecule has 0 unspecified atom stereocenters. The van der Waals surface area contributed by atoms with Crippen molar-refractivity contribution >= 4 is 50.1 Å². The molecule has 0 aliphatic heterocycles. The molecule has 0 atom stereocenters. The van der Waals surface area contributed by atoms with Crippen LogP contribution in [0, 0.1) is 0 Å². The zero-order valence-corrected chi connectivity index (χ0v) is 13.3. The second-order valence-electron chi connectivity index (χ2n) is 4.34. The summed E-state index contributed by atoms with van der Waals surface area (Å²) in [6.45, 7) is 0. The van der Waals surface area contributed by atoms with E-state index in [1.54, 1.807) is 36.4 Å². The van der Waals surface area contributed by atoms with Crippen molar-refractivity contribution in [2.45, 2.75) is 4.90 Å². The molecule has 0 bridgehead atoms. The van der Waals surface area contributed by atoms with Crippen molar-refractivity contribution in [3.05, 3.63) is 47.5 Å². The molecule has 3 aromatic rings. The zero-order chi connectivity index (χ0) is 15.0. The molecular formula is C13H10ClN3O2S2. The Morgan fingerprint density at radius 2 is 1.90 bits per heavy atom. The van der Waals surface area contributed by atoms with Crippen LogP contribution in [0.25, 0.3) is 11.0 Å². The van der Waals surface area contributed by atoms with E-state index in [0.29, 0.717) is 21.7 Å². The third-order valence-corrected chi connectivity index (χ3v) is 5.65. The molecule has 0 radical (unpaired) electrons. The molecule has 5 nitrogen and oxygen atoms in total. The van der Waals surface area contributed by atoms with Gasteiger partial charge in [0.1, 0.15) is 15.9 Å². The molecular weight excluding hydrogens is 330 g/mol. The molecule has 0 amide bonds. The Morgan fingerprint density at radius 3 is 2.67 bits per heavy atom. The van der Waals surface area contributed by atoms with Crippen molar-refractivity contribution in [3.8, 4) is 0 Å². The number of nitrogens with zero attached hydrogens (tertiary/aromatic N) is 3. The molecule has 0 aliphatic carbocycles. The van der Waals surface area contributed by atoms with Gasteiger partial charge in [-0.3, -0.25) is 4.31 Å². The number of sulfonamides is 1. The summed E-state index contributed by atoms with van der Waals surface area (Å²) in [4.78, 5) is 0.135. The van der Waals surface area contributed by atoms with Gasteiger partial charge in [0.25, 0.3) is 10.0 Å². The summed E-state index contributed by atoms with van der Waals surface area (Å²) < 4.78 is 34.9. The second-order valence-corrected chi connectivity index (χ2v) is 7.24. The van der Waals surface area contributed by atoms with Crippen molar-refractivity contribution in [3.63, 3.8) is 0 Å². The fourth-order valence-electron chi connectivity index (χ4n) is 1.95. The van der Waals surface area contributed by atoms with E-state index in [1.807, 2.05) is 0 Å². The van der Waals surface area contributed by atoms with Crippen molar-refractivity contribution < 1.29 is 8.42 Å². The monoisotopic (exact) mass is 339 g/mol. The van der Waals surface area contributed by atoms with Crippen LogP contribution >= 0.6 is 23.3 Å². The highest BCUT2D eigenvalue weighted by Crippen LogP contribution is 2.28. The molecule has 0 aliphatic rings. The van der Waals surface area contributed by atoms with Gasteiger partial charge in [0, 0.05) is 12.1 Å². The normalized spacial score (nSPS) is 11.7. The van der Waals surface area contributed by atoms with Gasteiger partial charge in [0.15, 0.2) is 0 Å². The Hall–Kier alpha value is -1.70. The van der Waals surface area contributed by atoms with E-state index in [0.717, 1.165) is 11.7 Å². The van der Waals surface area contributed by atoms with E-state index in [4.69, 9.17) is 11.6 Å². The Labute approximate surface area is 131 Å². The molecule has 8 heteroatoms. The van der Waals surface area contributed by atoms with Crippen LogP contribution in [0.4, 0.5) is 5.69 Å². The number of hydrogen-bond acceptors (Lipinski definition) is 5. The number of fused-ring (bicyclic) bond motifs is 1. The fraction of sp³-hybridized carbons (Fsp3) is 0.0769. The van der Waals surface area contributed by atoms with Crippen LogP contribution in [0.2, 0.25) is 5.02 Å². The maximum Gasteiger partial charge on any atom is 0.266 e. The van der Waals surface area contributed by atoms with E-state index >= 15 is 0 Å². The number of hydrogen-bond donors (Lipinski definition) is 0. The van der Waals surface area contributed by atoms with Crippen LogP contribution in [0.5, 0.6) is 0 Å². The van der Waals surface area contributed by atoms with Crippen molar-refractivity contribution in [2.75, 3.05) is 11.4 Å². The average molecular weight is 340 g/mol.